The molecular weight excluding hydrogens is 290 g/mol. The first-order chi connectivity index (χ1) is 8.63. The summed E-state index contributed by atoms with van der Waals surface area (Å²) in [5.41, 5.74) is 2.00. The van der Waals surface area contributed by atoms with E-state index >= 15 is 0 Å². The topological polar surface area (TPSA) is 29.1 Å². The van der Waals surface area contributed by atoms with Gasteiger partial charge in [0.25, 0.3) is 0 Å². The molecule has 0 saturated carbocycles. The summed E-state index contributed by atoms with van der Waals surface area (Å²) in [5.74, 6) is 0.122. The Labute approximate surface area is 118 Å². The van der Waals surface area contributed by atoms with Crippen molar-refractivity contribution in [2.75, 3.05) is 5.32 Å². The van der Waals surface area contributed by atoms with Gasteiger partial charge >= 0.3 is 0 Å². The van der Waals surface area contributed by atoms with Crippen molar-refractivity contribution in [2.24, 2.45) is 0 Å². The molecule has 0 atom stereocenters. The van der Waals surface area contributed by atoms with Crippen LogP contribution in [0, 0.1) is 6.92 Å². The van der Waals surface area contributed by atoms with Gasteiger partial charge in [0, 0.05) is 16.6 Å². The summed E-state index contributed by atoms with van der Waals surface area (Å²) in [6.07, 6.45) is 6.51. The van der Waals surface area contributed by atoms with Crippen LogP contribution in [0.3, 0.4) is 0 Å². The molecule has 0 aliphatic rings. The summed E-state index contributed by atoms with van der Waals surface area (Å²) in [7, 11) is 0. The maximum Gasteiger partial charge on any atom is 0.224 e. The van der Waals surface area contributed by atoms with Crippen LogP contribution in [0.1, 0.15) is 51.0 Å². The van der Waals surface area contributed by atoms with Crippen LogP contribution in [0.15, 0.2) is 22.7 Å². The number of anilines is 1. The first kappa shape index (κ1) is 15.2. The summed E-state index contributed by atoms with van der Waals surface area (Å²) in [6.45, 7) is 4.20. The number of benzene rings is 1. The average molecular weight is 312 g/mol. The highest BCUT2D eigenvalue weighted by atomic mass is 79.9. The third-order valence-corrected chi connectivity index (χ3v) is 3.46. The Bertz CT molecular complexity index is 390. The number of hydrogen-bond donors (Lipinski definition) is 1. The van der Waals surface area contributed by atoms with Gasteiger partial charge in [0.2, 0.25) is 5.91 Å². The van der Waals surface area contributed by atoms with Gasteiger partial charge in [-0.15, -0.1) is 0 Å². The number of nitrogens with one attached hydrogen (secondary N) is 1. The molecule has 2 nitrogen and oxygen atoms in total. The van der Waals surface area contributed by atoms with E-state index in [1.54, 1.807) is 0 Å². The minimum absolute atomic E-state index is 0.122. The van der Waals surface area contributed by atoms with E-state index < -0.39 is 0 Å². The lowest BCUT2D eigenvalue weighted by molar-refractivity contribution is -0.116. The van der Waals surface area contributed by atoms with E-state index in [1.807, 2.05) is 25.1 Å². The third kappa shape index (κ3) is 5.67. The second-order valence-corrected chi connectivity index (χ2v) is 5.59. The zero-order chi connectivity index (χ0) is 13.4. The van der Waals surface area contributed by atoms with Crippen LogP contribution >= 0.6 is 15.9 Å². The zero-order valence-electron chi connectivity index (χ0n) is 11.3. The number of carbonyl (C=O) groups excluding carboxylic acids is 1. The van der Waals surface area contributed by atoms with Gasteiger partial charge in [0.1, 0.15) is 0 Å². The minimum atomic E-state index is 0.122. The van der Waals surface area contributed by atoms with Gasteiger partial charge < -0.3 is 5.32 Å². The van der Waals surface area contributed by atoms with Gasteiger partial charge in [-0.3, -0.25) is 4.79 Å². The highest BCUT2D eigenvalue weighted by Crippen LogP contribution is 2.20. The molecule has 1 amide bonds. The van der Waals surface area contributed by atoms with Gasteiger partial charge in [-0.05, 0) is 37.1 Å². The molecule has 0 fully saturated rings. The molecule has 1 N–H and O–H groups in total. The SMILES string of the molecule is CCCCCCCC(=O)Nc1ccc(Br)cc1C. The Morgan fingerprint density at radius 3 is 2.61 bits per heavy atom. The molecule has 0 aliphatic heterocycles. The van der Waals surface area contributed by atoms with Gasteiger partial charge in [0.15, 0.2) is 0 Å². The number of carbonyl (C=O) groups is 1. The predicted octanol–water partition coefficient (Wildman–Crippen LogP) is 5.06. The van der Waals surface area contributed by atoms with Crippen molar-refractivity contribution in [2.45, 2.75) is 52.4 Å². The second-order valence-electron chi connectivity index (χ2n) is 4.67. The Hall–Kier alpha value is -0.830. The fourth-order valence-electron chi connectivity index (χ4n) is 1.87. The van der Waals surface area contributed by atoms with Crippen LogP contribution in [-0.2, 0) is 4.79 Å². The van der Waals surface area contributed by atoms with Crippen molar-refractivity contribution < 1.29 is 4.79 Å². The van der Waals surface area contributed by atoms with Gasteiger partial charge in [-0.1, -0.05) is 48.5 Å². The molecule has 0 heterocycles. The lowest BCUT2D eigenvalue weighted by Crippen LogP contribution is -2.11. The molecule has 18 heavy (non-hydrogen) atoms. The Balaban J connectivity index is 2.31. The molecule has 0 radical (unpaired) electrons. The van der Waals surface area contributed by atoms with Crippen LogP contribution in [-0.4, -0.2) is 5.91 Å². The molecule has 1 aromatic carbocycles. The summed E-state index contributed by atoms with van der Waals surface area (Å²) < 4.78 is 1.04. The van der Waals surface area contributed by atoms with Crippen molar-refractivity contribution in [1.29, 1.82) is 0 Å². The monoisotopic (exact) mass is 311 g/mol. The predicted molar refractivity (Wildman–Crippen MR) is 80.9 cm³/mol. The Kier molecular flexibility index (Phi) is 7.02. The van der Waals surface area contributed by atoms with Crippen LogP contribution in [0.5, 0.6) is 0 Å². The first-order valence-corrected chi connectivity index (χ1v) is 7.48. The smallest absolute Gasteiger partial charge is 0.224 e. The van der Waals surface area contributed by atoms with Gasteiger partial charge in [-0.25, -0.2) is 0 Å². The number of amides is 1. The molecule has 1 aromatic rings. The largest absolute Gasteiger partial charge is 0.326 e. The van der Waals surface area contributed by atoms with Crippen LogP contribution in [0.4, 0.5) is 5.69 Å². The van der Waals surface area contributed by atoms with Crippen LogP contribution < -0.4 is 5.32 Å². The maximum atomic E-state index is 11.8. The summed E-state index contributed by atoms with van der Waals surface area (Å²) in [4.78, 5) is 11.8. The van der Waals surface area contributed by atoms with E-state index in [9.17, 15) is 4.79 Å². The molecule has 0 bridgehead atoms. The standard InChI is InChI=1S/C15H22BrNO/c1-3-4-5-6-7-8-15(18)17-14-10-9-13(16)11-12(14)2/h9-11H,3-8H2,1-2H3,(H,17,18). The van der Waals surface area contributed by atoms with E-state index in [-0.39, 0.29) is 5.91 Å². The van der Waals surface area contributed by atoms with Crippen molar-refractivity contribution in [3.8, 4) is 0 Å². The summed E-state index contributed by atoms with van der Waals surface area (Å²) >= 11 is 3.42. The van der Waals surface area contributed by atoms with Crippen molar-refractivity contribution in [3.63, 3.8) is 0 Å². The van der Waals surface area contributed by atoms with Crippen molar-refractivity contribution in [1.82, 2.24) is 0 Å². The van der Waals surface area contributed by atoms with Crippen molar-refractivity contribution >= 4 is 27.5 Å². The lowest BCUT2D eigenvalue weighted by Gasteiger charge is -2.08. The molecule has 0 saturated heterocycles. The fourth-order valence-corrected chi connectivity index (χ4v) is 2.34. The molecule has 0 unspecified atom stereocenters. The quantitative estimate of drug-likeness (QED) is 0.701. The zero-order valence-corrected chi connectivity index (χ0v) is 12.8. The average Bonchev–Trinajstić information content (AvgIpc) is 2.32. The number of halogens is 1. The number of hydrogen-bond acceptors (Lipinski definition) is 1. The maximum absolute atomic E-state index is 11.8. The Morgan fingerprint density at radius 1 is 1.22 bits per heavy atom. The van der Waals surface area contributed by atoms with E-state index in [2.05, 4.69) is 28.2 Å². The van der Waals surface area contributed by atoms with Crippen molar-refractivity contribution in [3.05, 3.63) is 28.2 Å². The molecule has 100 valence electrons. The Morgan fingerprint density at radius 2 is 1.94 bits per heavy atom. The molecular formula is C15H22BrNO. The number of unbranched alkanes of at least 4 members (excludes halogenated alkanes) is 4. The van der Waals surface area contributed by atoms with Crippen LogP contribution in [0.25, 0.3) is 0 Å². The van der Waals surface area contributed by atoms with E-state index in [1.165, 1.54) is 19.3 Å². The van der Waals surface area contributed by atoms with Crippen LogP contribution in [0.2, 0.25) is 0 Å². The number of rotatable bonds is 7. The molecule has 3 heteroatoms. The summed E-state index contributed by atoms with van der Waals surface area (Å²) in [6, 6.07) is 5.90. The van der Waals surface area contributed by atoms with Gasteiger partial charge in [-0.2, -0.15) is 0 Å². The minimum Gasteiger partial charge on any atom is -0.326 e. The number of aryl methyl sites for hydroxylation is 1. The highest BCUT2D eigenvalue weighted by Gasteiger charge is 2.04. The van der Waals surface area contributed by atoms with E-state index in [4.69, 9.17) is 0 Å². The van der Waals surface area contributed by atoms with Gasteiger partial charge in [0.05, 0.1) is 0 Å². The molecule has 0 spiro atoms. The highest BCUT2D eigenvalue weighted by molar-refractivity contribution is 9.10. The third-order valence-electron chi connectivity index (χ3n) is 2.97. The molecule has 0 aromatic heterocycles. The molecule has 1 rings (SSSR count). The second kappa shape index (κ2) is 8.30. The first-order valence-electron chi connectivity index (χ1n) is 6.69. The van der Waals surface area contributed by atoms with E-state index in [0.717, 1.165) is 28.6 Å². The summed E-state index contributed by atoms with van der Waals surface area (Å²) in [5, 5.41) is 2.97. The lowest BCUT2D eigenvalue weighted by atomic mass is 10.1. The molecule has 0 aliphatic carbocycles. The fraction of sp³-hybridized carbons (Fsp3) is 0.533. The van der Waals surface area contributed by atoms with E-state index in [0.29, 0.717) is 6.42 Å². The normalized spacial score (nSPS) is 10.4.